The van der Waals surface area contributed by atoms with Crippen LogP contribution in [0.15, 0.2) is 36.5 Å². The molecule has 19 heavy (non-hydrogen) atoms. The van der Waals surface area contributed by atoms with Gasteiger partial charge in [-0.2, -0.15) is 0 Å². The number of carbonyl (C=O) groups excluding carboxylic acids is 1. The van der Waals surface area contributed by atoms with Crippen molar-refractivity contribution in [2.45, 2.75) is 6.61 Å². The van der Waals surface area contributed by atoms with E-state index in [-0.39, 0.29) is 18.0 Å². The van der Waals surface area contributed by atoms with Gasteiger partial charge in [0.2, 0.25) is 0 Å². The quantitative estimate of drug-likeness (QED) is 0.530. The van der Waals surface area contributed by atoms with Crippen molar-refractivity contribution in [1.82, 2.24) is 4.98 Å². The van der Waals surface area contributed by atoms with Crippen LogP contribution >= 0.6 is 11.6 Å². The van der Waals surface area contributed by atoms with Crippen molar-refractivity contribution in [3.63, 3.8) is 0 Å². The number of halogens is 1. The predicted octanol–water partition coefficient (Wildman–Crippen LogP) is 2.93. The van der Waals surface area contributed by atoms with Gasteiger partial charge in [-0.25, -0.2) is 4.79 Å². The highest BCUT2D eigenvalue weighted by atomic mass is 35.5. The normalized spacial score (nSPS) is 10.2. The second-order valence-electron chi connectivity index (χ2n) is 3.73. The number of non-ortho nitro benzene ring substituents is 1. The van der Waals surface area contributed by atoms with Crippen molar-refractivity contribution >= 4 is 23.3 Å². The predicted molar refractivity (Wildman–Crippen MR) is 68.0 cm³/mol. The zero-order valence-corrected chi connectivity index (χ0v) is 10.4. The van der Waals surface area contributed by atoms with E-state index in [2.05, 4.69) is 4.98 Å². The number of aromatic amines is 1. The van der Waals surface area contributed by atoms with Crippen molar-refractivity contribution in [1.29, 1.82) is 0 Å². The van der Waals surface area contributed by atoms with E-state index in [9.17, 15) is 14.9 Å². The minimum Gasteiger partial charge on any atom is -0.456 e. The van der Waals surface area contributed by atoms with Crippen molar-refractivity contribution in [3.05, 3.63) is 62.9 Å². The molecule has 0 saturated heterocycles. The summed E-state index contributed by atoms with van der Waals surface area (Å²) in [5.74, 6) is -0.571. The van der Waals surface area contributed by atoms with Gasteiger partial charge in [-0.15, -0.1) is 0 Å². The number of benzene rings is 1. The molecule has 1 aromatic carbocycles. The number of carbonyl (C=O) groups is 1. The van der Waals surface area contributed by atoms with Crippen LogP contribution in [0.25, 0.3) is 0 Å². The van der Waals surface area contributed by atoms with Gasteiger partial charge < -0.3 is 9.72 Å². The van der Waals surface area contributed by atoms with Gasteiger partial charge in [0, 0.05) is 18.3 Å². The number of rotatable bonds is 4. The maximum absolute atomic E-state index is 11.6. The lowest BCUT2D eigenvalue weighted by Crippen LogP contribution is -2.05. The largest absolute Gasteiger partial charge is 0.456 e. The molecule has 1 heterocycles. The summed E-state index contributed by atoms with van der Waals surface area (Å²) in [4.78, 5) is 24.4. The molecule has 0 aliphatic carbocycles. The third kappa shape index (κ3) is 3.32. The second-order valence-corrected chi connectivity index (χ2v) is 4.17. The number of nitrogens with one attached hydrogen (secondary N) is 1. The zero-order chi connectivity index (χ0) is 13.8. The molecule has 0 saturated carbocycles. The zero-order valence-electron chi connectivity index (χ0n) is 9.63. The Hall–Kier alpha value is -2.34. The van der Waals surface area contributed by atoms with Gasteiger partial charge in [-0.05, 0) is 11.6 Å². The van der Waals surface area contributed by atoms with Crippen LogP contribution in [-0.2, 0) is 11.3 Å². The van der Waals surface area contributed by atoms with Crippen LogP contribution in [0.5, 0.6) is 0 Å². The van der Waals surface area contributed by atoms with Crippen LogP contribution in [-0.4, -0.2) is 15.9 Å². The molecule has 0 amide bonds. The Bertz CT molecular complexity index is 624. The van der Waals surface area contributed by atoms with Crippen molar-refractivity contribution < 1.29 is 14.5 Å². The summed E-state index contributed by atoms with van der Waals surface area (Å²) in [5.41, 5.74) is 0.729. The first-order chi connectivity index (χ1) is 9.06. The number of hydrogen-bond donors (Lipinski definition) is 1. The van der Waals surface area contributed by atoms with Gasteiger partial charge in [0.25, 0.3) is 5.69 Å². The fraction of sp³-hybridized carbons (Fsp3) is 0.0833. The molecule has 0 atom stereocenters. The Balaban J connectivity index is 2.01. The molecular weight excluding hydrogens is 272 g/mol. The van der Waals surface area contributed by atoms with Crippen LogP contribution in [0.2, 0.25) is 5.02 Å². The molecule has 6 nitrogen and oxygen atoms in total. The summed E-state index contributed by atoms with van der Waals surface area (Å²) in [6, 6.07) is 7.34. The second kappa shape index (κ2) is 5.53. The molecule has 0 radical (unpaired) electrons. The molecule has 0 spiro atoms. The number of esters is 1. The van der Waals surface area contributed by atoms with E-state index in [1.54, 1.807) is 6.07 Å². The first-order valence-electron chi connectivity index (χ1n) is 5.30. The van der Waals surface area contributed by atoms with Crippen LogP contribution in [0, 0.1) is 10.1 Å². The number of hydrogen-bond acceptors (Lipinski definition) is 4. The van der Waals surface area contributed by atoms with Crippen molar-refractivity contribution in [3.8, 4) is 0 Å². The number of aromatic nitrogens is 1. The molecule has 2 rings (SSSR count). The third-order valence-corrected chi connectivity index (χ3v) is 2.58. The summed E-state index contributed by atoms with van der Waals surface area (Å²) in [6.45, 7) is -0.0445. The SMILES string of the molecule is O=C(OCc1cccc([N+](=O)[O-])c1)c1cc(Cl)c[nH]1. The number of ether oxygens (including phenoxy) is 1. The highest BCUT2D eigenvalue weighted by molar-refractivity contribution is 6.30. The van der Waals surface area contributed by atoms with Gasteiger partial charge in [0.1, 0.15) is 12.3 Å². The Labute approximate surface area is 113 Å². The summed E-state index contributed by atoms with van der Waals surface area (Å²) >= 11 is 5.66. The Kier molecular flexibility index (Phi) is 3.82. The maximum atomic E-state index is 11.6. The van der Waals surface area contributed by atoms with E-state index < -0.39 is 10.9 Å². The number of nitrogens with zero attached hydrogens (tertiary/aromatic N) is 1. The fourth-order valence-electron chi connectivity index (χ4n) is 1.47. The monoisotopic (exact) mass is 280 g/mol. The van der Waals surface area contributed by atoms with E-state index in [1.165, 1.54) is 30.5 Å². The first-order valence-corrected chi connectivity index (χ1v) is 5.68. The van der Waals surface area contributed by atoms with Crippen LogP contribution in [0.4, 0.5) is 5.69 Å². The van der Waals surface area contributed by atoms with Crippen LogP contribution in [0.1, 0.15) is 16.1 Å². The minimum atomic E-state index is -0.571. The molecule has 0 unspecified atom stereocenters. The molecule has 0 fully saturated rings. The Morgan fingerprint density at radius 3 is 2.84 bits per heavy atom. The van der Waals surface area contributed by atoms with Crippen LogP contribution in [0.3, 0.4) is 0 Å². The molecule has 2 aromatic rings. The van der Waals surface area contributed by atoms with Gasteiger partial charge in [-0.3, -0.25) is 10.1 Å². The highest BCUT2D eigenvalue weighted by Crippen LogP contribution is 2.15. The first kappa shape index (κ1) is 13.1. The lowest BCUT2D eigenvalue weighted by atomic mass is 10.2. The lowest BCUT2D eigenvalue weighted by Gasteiger charge is -2.03. The van der Waals surface area contributed by atoms with Gasteiger partial charge in [0.05, 0.1) is 9.95 Å². The maximum Gasteiger partial charge on any atom is 0.355 e. The Morgan fingerprint density at radius 1 is 1.42 bits per heavy atom. The van der Waals surface area contributed by atoms with E-state index in [0.29, 0.717) is 10.6 Å². The number of nitro benzene ring substituents is 1. The standard InChI is InChI=1S/C12H9ClN2O4/c13-9-5-11(14-6-9)12(16)19-7-8-2-1-3-10(4-8)15(17)18/h1-6,14H,7H2. The molecule has 0 aliphatic rings. The summed E-state index contributed by atoms with van der Waals surface area (Å²) in [6.07, 6.45) is 1.46. The van der Waals surface area contributed by atoms with E-state index in [1.807, 2.05) is 0 Å². The summed E-state index contributed by atoms with van der Waals surface area (Å²) in [5, 5.41) is 11.0. The molecule has 1 N–H and O–H groups in total. The summed E-state index contributed by atoms with van der Waals surface area (Å²) in [7, 11) is 0. The smallest absolute Gasteiger partial charge is 0.355 e. The van der Waals surface area contributed by atoms with Crippen molar-refractivity contribution in [2.24, 2.45) is 0 Å². The molecule has 7 heteroatoms. The number of H-pyrrole nitrogens is 1. The average Bonchev–Trinajstić information content (AvgIpc) is 2.83. The van der Waals surface area contributed by atoms with E-state index in [4.69, 9.17) is 16.3 Å². The van der Waals surface area contributed by atoms with Crippen molar-refractivity contribution in [2.75, 3.05) is 0 Å². The topological polar surface area (TPSA) is 85.2 Å². The number of nitro groups is 1. The molecule has 98 valence electrons. The fourth-order valence-corrected chi connectivity index (χ4v) is 1.64. The Morgan fingerprint density at radius 2 is 2.21 bits per heavy atom. The minimum absolute atomic E-state index is 0.0445. The molecular formula is C12H9ClN2O4. The van der Waals surface area contributed by atoms with Gasteiger partial charge in [-0.1, -0.05) is 23.7 Å². The molecule has 1 aromatic heterocycles. The molecule has 0 bridgehead atoms. The van der Waals surface area contributed by atoms with Gasteiger partial charge in [0.15, 0.2) is 0 Å². The van der Waals surface area contributed by atoms with E-state index >= 15 is 0 Å². The highest BCUT2D eigenvalue weighted by Gasteiger charge is 2.11. The van der Waals surface area contributed by atoms with Gasteiger partial charge >= 0.3 is 5.97 Å². The third-order valence-electron chi connectivity index (χ3n) is 2.36. The summed E-state index contributed by atoms with van der Waals surface area (Å²) < 4.78 is 5.01. The lowest BCUT2D eigenvalue weighted by molar-refractivity contribution is -0.384. The van der Waals surface area contributed by atoms with E-state index in [0.717, 1.165) is 0 Å². The van der Waals surface area contributed by atoms with Crippen LogP contribution < -0.4 is 0 Å². The average molecular weight is 281 g/mol. The molecule has 0 aliphatic heterocycles.